The summed E-state index contributed by atoms with van der Waals surface area (Å²) in [6, 6.07) is 22.0. The van der Waals surface area contributed by atoms with Crippen LogP contribution in [0.1, 0.15) is 46.1 Å². The van der Waals surface area contributed by atoms with Gasteiger partial charge in [-0.1, -0.05) is 42.5 Å². The van der Waals surface area contributed by atoms with Crippen molar-refractivity contribution >= 4 is 17.1 Å². The van der Waals surface area contributed by atoms with Crippen LogP contribution >= 0.6 is 0 Å². The van der Waals surface area contributed by atoms with Crippen molar-refractivity contribution in [2.45, 2.75) is 31.6 Å². The second kappa shape index (κ2) is 7.21. The number of aldehydes is 1. The SMILES string of the molecule is O=Cc1nn(-c2ccc(O)cc2)c2c1CCCC2Cc1cccc2ccccc12. The first-order valence-corrected chi connectivity index (χ1v) is 10.1. The largest absolute Gasteiger partial charge is 0.508 e. The van der Waals surface area contributed by atoms with Crippen LogP contribution in [0.25, 0.3) is 16.5 Å². The fraction of sp³-hybridized carbons (Fsp3) is 0.200. The molecule has 0 aliphatic heterocycles. The first kappa shape index (κ1) is 17.7. The molecule has 0 bridgehead atoms. The summed E-state index contributed by atoms with van der Waals surface area (Å²) in [6.45, 7) is 0. The molecule has 0 amide bonds. The van der Waals surface area contributed by atoms with E-state index in [0.29, 0.717) is 11.6 Å². The van der Waals surface area contributed by atoms with E-state index in [4.69, 9.17) is 0 Å². The fourth-order valence-corrected chi connectivity index (χ4v) is 4.64. The van der Waals surface area contributed by atoms with Crippen LogP contribution in [0.15, 0.2) is 66.7 Å². The zero-order valence-corrected chi connectivity index (χ0v) is 16.1. The fourth-order valence-electron chi connectivity index (χ4n) is 4.64. The van der Waals surface area contributed by atoms with Crippen LogP contribution in [0.2, 0.25) is 0 Å². The molecule has 29 heavy (non-hydrogen) atoms. The molecule has 0 spiro atoms. The molecule has 1 aliphatic rings. The number of hydrogen-bond donors (Lipinski definition) is 1. The molecule has 1 aromatic heterocycles. The van der Waals surface area contributed by atoms with Gasteiger partial charge in [0.1, 0.15) is 11.4 Å². The maximum absolute atomic E-state index is 11.7. The minimum Gasteiger partial charge on any atom is -0.508 e. The van der Waals surface area contributed by atoms with E-state index in [1.54, 1.807) is 12.1 Å². The highest BCUT2D eigenvalue weighted by Gasteiger charge is 2.29. The summed E-state index contributed by atoms with van der Waals surface area (Å²) in [5, 5.41) is 16.8. The molecular formula is C25H22N2O2. The van der Waals surface area contributed by atoms with Gasteiger partial charge in [0.25, 0.3) is 0 Å². The predicted octanol–water partition coefficient (Wildman–Crippen LogP) is 5.21. The molecule has 1 unspecified atom stereocenters. The van der Waals surface area contributed by atoms with Crippen molar-refractivity contribution in [3.8, 4) is 11.4 Å². The summed E-state index contributed by atoms with van der Waals surface area (Å²) in [6.07, 6.45) is 4.79. The molecule has 1 heterocycles. The van der Waals surface area contributed by atoms with Crippen LogP contribution in [0, 0.1) is 0 Å². The van der Waals surface area contributed by atoms with E-state index in [1.807, 2.05) is 16.8 Å². The summed E-state index contributed by atoms with van der Waals surface area (Å²) in [5.41, 5.74) is 4.95. The van der Waals surface area contributed by atoms with Gasteiger partial charge in [-0.05, 0) is 66.3 Å². The van der Waals surface area contributed by atoms with Gasteiger partial charge in [0, 0.05) is 11.5 Å². The maximum atomic E-state index is 11.7. The molecule has 4 nitrogen and oxygen atoms in total. The standard InChI is InChI=1S/C25H22N2O2/c28-16-24-23-10-4-8-19(15-18-7-3-6-17-5-1-2-9-22(17)18)25(23)27(26-24)20-11-13-21(29)14-12-20/h1-3,5-7,9,11-14,16,19,29H,4,8,10,15H2. The molecular weight excluding hydrogens is 360 g/mol. The molecule has 4 heteroatoms. The summed E-state index contributed by atoms with van der Waals surface area (Å²) in [5.74, 6) is 0.511. The number of carbonyl (C=O) groups excluding carboxylic acids is 1. The van der Waals surface area contributed by atoms with Gasteiger partial charge in [-0.2, -0.15) is 5.10 Å². The van der Waals surface area contributed by atoms with Gasteiger partial charge < -0.3 is 5.11 Å². The Morgan fingerprint density at radius 3 is 2.66 bits per heavy atom. The van der Waals surface area contributed by atoms with Crippen LogP contribution in [0.5, 0.6) is 5.75 Å². The third-order valence-corrected chi connectivity index (χ3v) is 5.97. The topological polar surface area (TPSA) is 55.1 Å². The third kappa shape index (κ3) is 3.11. The molecule has 1 aliphatic carbocycles. The molecule has 0 radical (unpaired) electrons. The average molecular weight is 382 g/mol. The van der Waals surface area contributed by atoms with Crippen molar-refractivity contribution in [3.05, 3.63) is 89.2 Å². The minimum atomic E-state index is 0.220. The lowest BCUT2D eigenvalue weighted by atomic mass is 9.82. The van der Waals surface area contributed by atoms with E-state index >= 15 is 0 Å². The first-order chi connectivity index (χ1) is 14.2. The minimum absolute atomic E-state index is 0.220. The van der Waals surface area contributed by atoms with Gasteiger partial charge in [0.2, 0.25) is 0 Å². The van der Waals surface area contributed by atoms with Crippen LogP contribution in [0.3, 0.4) is 0 Å². The van der Waals surface area contributed by atoms with Crippen LogP contribution < -0.4 is 0 Å². The summed E-state index contributed by atoms with van der Waals surface area (Å²) < 4.78 is 1.91. The van der Waals surface area contributed by atoms with E-state index in [1.165, 1.54) is 16.3 Å². The third-order valence-electron chi connectivity index (χ3n) is 5.97. The molecule has 0 saturated heterocycles. The van der Waals surface area contributed by atoms with Gasteiger partial charge in [0.15, 0.2) is 6.29 Å². The van der Waals surface area contributed by atoms with Crippen molar-refractivity contribution in [2.24, 2.45) is 0 Å². The number of phenols is 1. The first-order valence-electron chi connectivity index (χ1n) is 10.1. The average Bonchev–Trinajstić information content (AvgIpc) is 3.14. The Hall–Kier alpha value is -3.40. The predicted molar refractivity (Wildman–Crippen MR) is 114 cm³/mol. The Bertz CT molecular complexity index is 1190. The molecule has 0 saturated carbocycles. The van der Waals surface area contributed by atoms with Gasteiger partial charge in [-0.25, -0.2) is 4.68 Å². The van der Waals surface area contributed by atoms with Crippen molar-refractivity contribution in [3.63, 3.8) is 0 Å². The van der Waals surface area contributed by atoms with E-state index in [0.717, 1.165) is 48.9 Å². The molecule has 4 aromatic rings. The lowest BCUT2D eigenvalue weighted by Crippen LogP contribution is -2.16. The van der Waals surface area contributed by atoms with Crippen molar-refractivity contribution in [1.82, 2.24) is 9.78 Å². The summed E-state index contributed by atoms with van der Waals surface area (Å²) in [4.78, 5) is 11.7. The number of phenolic OH excluding ortho intramolecular Hbond substituents is 1. The summed E-state index contributed by atoms with van der Waals surface area (Å²) >= 11 is 0. The molecule has 3 aromatic carbocycles. The van der Waals surface area contributed by atoms with Gasteiger partial charge >= 0.3 is 0 Å². The van der Waals surface area contributed by atoms with Crippen LogP contribution in [-0.2, 0) is 12.8 Å². The van der Waals surface area contributed by atoms with Gasteiger partial charge in [-0.3, -0.25) is 4.79 Å². The lowest BCUT2D eigenvalue weighted by molar-refractivity contribution is 0.111. The Morgan fingerprint density at radius 1 is 1.03 bits per heavy atom. The molecule has 1 N–H and O–H groups in total. The number of aromatic nitrogens is 2. The number of nitrogens with zero attached hydrogens (tertiary/aromatic N) is 2. The van der Waals surface area contributed by atoms with Crippen LogP contribution in [-0.4, -0.2) is 21.2 Å². The molecule has 0 fully saturated rings. The highest BCUT2D eigenvalue weighted by Crippen LogP contribution is 2.38. The number of fused-ring (bicyclic) bond motifs is 2. The molecule has 5 rings (SSSR count). The zero-order chi connectivity index (χ0) is 19.8. The zero-order valence-electron chi connectivity index (χ0n) is 16.1. The second-order valence-corrected chi connectivity index (χ2v) is 7.73. The lowest BCUT2D eigenvalue weighted by Gasteiger charge is -2.25. The maximum Gasteiger partial charge on any atom is 0.170 e. The highest BCUT2D eigenvalue weighted by atomic mass is 16.3. The van der Waals surface area contributed by atoms with Gasteiger partial charge in [0.05, 0.1) is 11.4 Å². The molecule has 1 atom stereocenters. The van der Waals surface area contributed by atoms with E-state index in [9.17, 15) is 9.90 Å². The Kier molecular flexibility index (Phi) is 4.39. The molecule has 144 valence electrons. The van der Waals surface area contributed by atoms with E-state index in [-0.39, 0.29) is 5.75 Å². The van der Waals surface area contributed by atoms with Crippen molar-refractivity contribution in [1.29, 1.82) is 0 Å². The second-order valence-electron chi connectivity index (χ2n) is 7.73. The number of carbonyl (C=O) groups is 1. The van der Waals surface area contributed by atoms with E-state index < -0.39 is 0 Å². The van der Waals surface area contributed by atoms with Crippen molar-refractivity contribution in [2.75, 3.05) is 0 Å². The van der Waals surface area contributed by atoms with Crippen molar-refractivity contribution < 1.29 is 9.90 Å². The number of hydrogen-bond acceptors (Lipinski definition) is 3. The highest BCUT2D eigenvalue weighted by molar-refractivity contribution is 5.85. The monoisotopic (exact) mass is 382 g/mol. The number of aromatic hydroxyl groups is 1. The van der Waals surface area contributed by atoms with E-state index in [2.05, 4.69) is 47.6 Å². The quantitative estimate of drug-likeness (QED) is 0.493. The van der Waals surface area contributed by atoms with Crippen LogP contribution in [0.4, 0.5) is 0 Å². The normalized spacial score (nSPS) is 15.9. The Balaban J connectivity index is 1.62. The summed E-state index contributed by atoms with van der Waals surface area (Å²) in [7, 11) is 0. The number of benzene rings is 3. The smallest absolute Gasteiger partial charge is 0.170 e. The van der Waals surface area contributed by atoms with Gasteiger partial charge in [-0.15, -0.1) is 0 Å². The number of rotatable bonds is 4. The Morgan fingerprint density at radius 2 is 1.83 bits per heavy atom. The Labute approximate surface area is 169 Å².